The Hall–Kier alpha value is -1.59. The predicted molar refractivity (Wildman–Crippen MR) is 87.4 cm³/mol. The lowest BCUT2D eigenvalue weighted by molar-refractivity contribution is 0.494. The number of H-pyrrole nitrogens is 1. The number of aromatic amines is 1. The Kier molecular flexibility index (Phi) is 3.31. The van der Waals surface area contributed by atoms with Crippen LogP contribution in [0, 0.1) is 0 Å². The number of hydrogen-bond acceptors (Lipinski definition) is 4. The molecule has 1 aliphatic heterocycles. The molecule has 0 radical (unpaired) electrons. The number of hydrogen-bond donors (Lipinski definition) is 1. The normalized spacial score (nSPS) is 19.3. The number of benzene rings is 1. The van der Waals surface area contributed by atoms with E-state index in [2.05, 4.69) is 14.9 Å². The average molecular weight is 319 g/mol. The first-order chi connectivity index (χ1) is 10.3. The van der Waals surface area contributed by atoms with Crippen LogP contribution in [0.25, 0.3) is 10.2 Å². The van der Waals surface area contributed by atoms with Gasteiger partial charge in [-0.2, -0.15) is 0 Å². The molecular formula is C15H15ClN4S. The Balaban J connectivity index is 1.62. The van der Waals surface area contributed by atoms with Gasteiger partial charge in [-0.15, -0.1) is 0 Å². The van der Waals surface area contributed by atoms with E-state index in [1.807, 2.05) is 30.6 Å². The van der Waals surface area contributed by atoms with Crippen LogP contribution in [0.5, 0.6) is 0 Å². The standard InChI is InChI=1S/C15H15ClN4S/c16-11-3-4-12-13(8-11)21-15(19-12)20-7-1-2-10(9-20)14-17-5-6-18-14/h3-6,8,10H,1-2,7,9H2,(H,17,18)/t10-/m1/s1. The van der Waals surface area contributed by atoms with Gasteiger partial charge in [0.1, 0.15) is 5.82 Å². The zero-order chi connectivity index (χ0) is 14.2. The van der Waals surface area contributed by atoms with E-state index in [0.29, 0.717) is 5.92 Å². The van der Waals surface area contributed by atoms with Crippen molar-refractivity contribution in [3.8, 4) is 0 Å². The van der Waals surface area contributed by atoms with Crippen molar-refractivity contribution < 1.29 is 0 Å². The fraction of sp³-hybridized carbons (Fsp3) is 0.333. The number of halogens is 1. The summed E-state index contributed by atoms with van der Waals surface area (Å²) in [6.45, 7) is 2.03. The van der Waals surface area contributed by atoms with Crippen molar-refractivity contribution >= 4 is 38.3 Å². The van der Waals surface area contributed by atoms with Crippen LogP contribution in [0.4, 0.5) is 5.13 Å². The molecule has 3 heterocycles. The Morgan fingerprint density at radius 3 is 3.19 bits per heavy atom. The Bertz CT molecular complexity index is 752. The molecule has 1 saturated heterocycles. The summed E-state index contributed by atoms with van der Waals surface area (Å²) in [5, 5.41) is 1.85. The van der Waals surface area contributed by atoms with E-state index in [4.69, 9.17) is 16.6 Å². The first kappa shape index (κ1) is 13.1. The highest BCUT2D eigenvalue weighted by molar-refractivity contribution is 7.22. The maximum absolute atomic E-state index is 6.06. The number of piperidine rings is 1. The lowest BCUT2D eigenvalue weighted by atomic mass is 9.98. The summed E-state index contributed by atoms with van der Waals surface area (Å²) in [4.78, 5) is 14.8. The molecule has 0 amide bonds. The molecule has 0 aliphatic carbocycles. The Morgan fingerprint density at radius 1 is 1.38 bits per heavy atom. The number of rotatable bonds is 2. The van der Waals surface area contributed by atoms with Crippen LogP contribution in [0.1, 0.15) is 24.6 Å². The summed E-state index contributed by atoms with van der Waals surface area (Å²) in [6.07, 6.45) is 6.07. The van der Waals surface area contributed by atoms with Gasteiger partial charge in [-0.3, -0.25) is 0 Å². The lowest BCUT2D eigenvalue weighted by Gasteiger charge is -2.31. The van der Waals surface area contributed by atoms with Gasteiger partial charge < -0.3 is 9.88 Å². The van der Waals surface area contributed by atoms with Crippen LogP contribution in [-0.2, 0) is 0 Å². The molecule has 4 rings (SSSR count). The summed E-state index contributed by atoms with van der Waals surface area (Å²) >= 11 is 7.77. The third kappa shape index (κ3) is 2.51. The highest BCUT2D eigenvalue weighted by Gasteiger charge is 2.24. The van der Waals surface area contributed by atoms with Gasteiger partial charge in [-0.1, -0.05) is 22.9 Å². The van der Waals surface area contributed by atoms with Crippen molar-refractivity contribution in [1.29, 1.82) is 0 Å². The van der Waals surface area contributed by atoms with Crippen molar-refractivity contribution in [1.82, 2.24) is 15.0 Å². The minimum absolute atomic E-state index is 0.462. The fourth-order valence-corrected chi connectivity index (χ4v) is 4.17. The van der Waals surface area contributed by atoms with Gasteiger partial charge in [0.15, 0.2) is 5.13 Å². The molecule has 2 aromatic heterocycles. The van der Waals surface area contributed by atoms with Crippen LogP contribution in [0.15, 0.2) is 30.6 Å². The Morgan fingerprint density at radius 2 is 2.33 bits per heavy atom. The molecule has 6 heteroatoms. The van der Waals surface area contributed by atoms with Crippen LogP contribution >= 0.6 is 22.9 Å². The molecular weight excluding hydrogens is 304 g/mol. The monoisotopic (exact) mass is 318 g/mol. The van der Waals surface area contributed by atoms with Crippen LogP contribution < -0.4 is 4.90 Å². The van der Waals surface area contributed by atoms with E-state index >= 15 is 0 Å². The van der Waals surface area contributed by atoms with Gasteiger partial charge in [-0.25, -0.2) is 9.97 Å². The molecule has 21 heavy (non-hydrogen) atoms. The molecule has 0 bridgehead atoms. The molecule has 0 saturated carbocycles. The molecule has 1 aliphatic rings. The smallest absolute Gasteiger partial charge is 0.186 e. The number of fused-ring (bicyclic) bond motifs is 1. The number of aromatic nitrogens is 3. The van der Waals surface area contributed by atoms with Crippen LogP contribution in [0.2, 0.25) is 5.02 Å². The van der Waals surface area contributed by atoms with E-state index in [9.17, 15) is 0 Å². The molecule has 108 valence electrons. The van der Waals surface area contributed by atoms with Gasteiger partial charge >= 0.3 is 0 Å². The van der Waals surface area contributed by atoms with Crippen molar-refractivity contribution in [2.75, 3.05) is 18.0 Å². The highest BCUT2D eigenvalue weighted by Crippen LogP contribution is 2.34. The second kappa shape index (κ2) is 5.31. The van der Waals surface area contributed by atoms with Gasteiger partial charge in [0, 0.05) is 36.4 Å². The minimum Gasteiger partial charge on any atom is -0.348 e. The number of nitrogens with zero attached hydrogens (tertiary/aromatic N) is 3. The number of imidazole rings is 1. The minimum atomic E-state index is 0.462. The second-order valence-electron chi connectivity index (χ2n) is 5.37. The first-order valence-electron chi connectivity index (χ1n) is 7.10. The number of thiazole rings is 1. The average Bonchev–Trinajstić information content (AvgIpc) is 3.16. The van der Waals surface area contributed by atoms with Gasteiger partial charge in [-0.05, 0) is 31.0 Å². The van der Waals surface area contributed by atoms with E-state index in [0.717, 1.165) is 39.3 Å². The van der Waals surface area contributed by atoms with Crippen molar-refractivity contribution in [3.63, 3.8) is 0 Å². The Labute approximate surface area is 131 Å². The highest BCUT2D eigenvalue weighted by atomic mass is 35.5. The van der Waals surface area contributed by atoms with E-state index in [-0.39, 0.29) is 0 Å². The van der Waals surface area contributed by atoms with E-state index < -0.39 is 0 Å². The topological polar surface area (TPSA) is 44.8 Å². The molecule has 1 fully saturated rings. The molecule has 4 nitrogen and oxygen atoms in total. The molecule has 0 unspecified atom stereocenters. The molecule has 1 N–H and O–H groups in total. The van der Waals surface area contributed by atoms with Crippen molar-refractivity contribution in [2.24, 2.45) is 0 Å². The van der Waals surface area contributed by atoms with Crippen LogP contribution in [0.3, 0.4) is 0 Å². The van der Waals surface area contributed by atoms with Gasteiger partial charge in [0.25, 0.3) is 0 Å². The SMILES string of the molecule is Clc1ccc2nc(N3CCC[C@@H](c4ncc[nH]4)C3)sc2c1. The first-order valence-corrected chi connectivity index (χ1v) is 8.29. The van der Waals surface area contributed by atoms with Crippen LogP contribution in [-0.4, -0.2) is 28.0 Å². The third-order valence-electron chi connectivity index (χ3n) is 3.94. The fourth-order valence-electron chi connectivity index (χ4n) is 2.90. The lowest BCUT2D eigenvalue weighted by Crippen LogP contribution is -2.34. The zero-order valence-electron chi connectivity index (χ0n) is 11.4. The van der Waals surface area contributed by atoms with E-state index in [1.54, 1.807) is 11.3 Å². The summed E-state index contributed by atoms with van der Waals surface area (Å²) in [5.74, 6) is 1.55. The van der Waals surface area contributed by atoms with E-state index in [1.165, 1.54) is 12.8 Å². The molecule has 3 aromatic rings. The maximum Gasteiger partial charge on any atom is 0.186 e. The van der Waals surface area contributed by atoms with Crippen molar-refractivity contribution in [3.05, 3.63) is 41.4 Å². The van der Waals surface area contributed by atoms with Gasteiger partial charge in [0.2, 0.25) is 0 Å². The maximum atomic E-state index is 6.06. The largest absolute Gasteiger partial charge is 0.348 e. The number of nitrogens with one attached hydrogen (secondary N) is 1. The summed E-state index contributed by atoms with van der Waals surface area (Å²) in [6, 6.07) is 5.88. The molecule has 1 atom stereocenters. The van der Waals surface area contributed by atoms with Crippen molar-refractivity contribution in [2.45, 2.75) is 18.8 Å². The molecule has 0 spiro atoms. The quantitative estimate of drug-likeness (QED) is 0.775. The summed E-state index contributed by atoms with van der Waals surface area (Å²) < 4.78 is 1.15. The summed E-state index contributed by atoms with van der Waals surface area (Å²) in [7, 11) is 0. The third-order valence-corrected chi connectivity index (χ3v) is 5.25. The summed E-state index contributed by atoms with van der Waals surface area (Å²) in [5.41, 5.74) is 1.03. The predicted octanol–water partition coefficient (Wildman–Crippen LogP) is 4.06. The zero-order valence-corrected chi connectivity index (χ0v) is 13.0. The van der Waals surface area contributed by atoms with Gasteiger partial charge in [0.05, 0.1) is 10.2 Å². The molecule has 1 aromatic carbocycles. The second-order valence-corrected chi connectivity index (χ2v) is 6.81. The number of anilines is 1.